The summed E-state index contributed by atoms with van der Waals surface area (Å²) < 4.78 is 0. The Bertz CT molecular complexity index is 377. The van der Waals surface area contributed by atoms with E-state index >= 15 is 0 Å². The van der Waals surface area contributed by atoms with Crippen molar-refractivity contribution in [3.63, 3.8) is 0 Å². The van der Waals surface area contributed by atoms with Crippen LogP contribution in [0.3, 0.4) is 0 Å². The number of aromatic carboxylic acids is 1. The fourth-order valence-electron chi connectivity index (χ4n) is 1.22. The number of carboxylic acid groups (broad SMARTS) is 1. The Morgan fingerprint density at radius 2 is 2.19 bits per heavy atom. The molecule has 1 aromatic rings. The van der Waals surface area contributed by atoms with Gasteiger partial charge in [0.15, 0.2) is 0 Å². The number of hydrogen-bond acceptors (Lipinski definition) is 3. The third-order valence-electron chi connectivity index (χ3n) is 2.22. The van der Waals surface area contributed by atoms with Gasteiger partial charge < -0.3 is 10.8 Å². The van der Waals surface area contributed by atoms with Crippen LogP contribution in [0.25, 0.3) is 0 Å². The zero-order valence-corrected chi connectivity index (χ0v) is 10.4. The lowest BCUT2D eigenvalue weighted by molar-refractivity contribution is 0.0698. The summed E-state index contributed by atoms with van der Waals surface area (Å²) in [5.41, 5.74) is 6.09. The fourth-order valence-corrected chi connectivity index (χ4v) is 2.41. The maximum absolute atomic E-state index is 10.9. The summed E-state index contributed by atoms with van der Waals surface area (Å²) in [6, 6.07) is 5.16. The van der Waals surface area contributed by atoms with Crippen molar-refractivity contribution in [2.24, 2.45) is 5.92 Å². The molecule has 0 saturated carbocycles. The minimum absolute atomic E-state index is 0.189. The number of nitrogens with two attached hydrogens (primary N) is 1. The van der Waals surface area contributed by atoms with E-state index in [0.29, 0.717) is 11.6 Å². The van der Waals surface area contributed by atoms with Crippen LogP contribution in [0.15, 0.2) is 23.1 Å². The summed E-state index contributed by atoms with van der Waals surface area (Å²) >= 11 is 1.67. The minimum atomic E-state index is -0.969. The first kappa shape index (κ1) is 12.9. The van der Waals surface area contributed by atoms with E-state index in [9.17, 15) is 4.79 Å². The molecule has 0 aliphatic rings. The lowest BCUT2D eigenvalue weighted by atomic mass is 10.2. The summed E-state index contributed by atoms with van der Waals surface area (Å²) in [5.74, 6) is 0.699. The molecule has 0 amide bonds. The van der Waals surface area contributed by atoms with Crippen LogP contribution in [0.1, 0.15) is 30.6 Å². The second-order valence-electron chi connectivity index (χ2n) is 4.09. The van der Waals surface area contributed by atoms with Gasteiger partial charge in [-0.05, 0) is 36.3 Å². The number of rotatable bonds is 5. The van der Waals surface area contributed by atoms with Gasteiger partial charge in [0, 0.05) is 10.6 Å². The molecule has 1 aromatic carbocycles. The molecule has 0 spiro atoms. The maximum Gasteiger partial charge on any atom is 0.337 e. The molecule has 4 heteroatoms. The highest BCUT2D eigenvalue weighted by Crippen LogP contribution is 2.24. The van der Waals surface area contributed by atoms with Gasteiger partial charge in [-0.15, -0.1) is 11.8 Å². The third-order valence-corrected chi connectivity index (χ3v) is 3.25. The number of anilines is 1. The Morgan fingerprint density at radius 1 is 1.50 bits per heavy atom. The van der Waals surface area contributed by atoms with E-state index in [1.165, 1.54) is 0 Å². The molecule has 0 atom stereocenters. The summed E-state index contributed by atoms with van der Waals surface area (Å²) in [7, 11) is 0. The highest BCUT2D eigenvalue weighted by Gasteiger charge is 2.08. The molecule has 0 saturated heterocycles. The second-order valence-corrected chi connectivity index (χ2v) is 5.25. The van der Waals surface area contributed by atoms with E-state index in [2.05, 4.69) is 13.8 Å². The van der Waals surface area contributed by atoms with Gasteiger partial charge in [-0.25, -0.2) is 4.79 Å². The van der Waals surface area contributed by atoms with Crippen LogP contribution in [0.5, 0.6) is 0 Å². The Labute approximate surface area is 100 Å². The Hall–Kier alpha value is -1.16. The van der Waals surface area contributed by atoms with Gasteiger partial charge in [0.25, 0.3) is 0 Å². The first-order valence-corrected chi connectivity index (χ1v) is 6.25. The van der Waals surface area contributed by atoms with Gasteiger partial charge >= 0.3 is 5.97 Å². The van der Waals surface area contributed by atoms with E-state index in [0.717, 1.165) is 17.1 Å². The molecule has 3 nitrogen and oxygen atoms in total. The molecule has 0 radical (unpaired) electrons. The van der Waals surface area contributed by atoms with Gasteiger partial charge in [-0.2, -0.15) is 0 Å². The van der Waals surface area contributed by atoms with Crippen molar-refractivity contribution >= 4 is 23.4 Å². The number of benzene rings is 1. The SMILES string of the molecule is CC(C)CCSc1ccc(N)c(C(=O)O)c1. The average molecular weight is 239 g/mol. The van der Waals surface area contributed by atoms with Crippen molar-refractivity contribution in [1.82, 2.24) is 0 Å². The molecular formula is C12H17NO2S. The number of carbonyl (C=O) groups is 1. The number of hydrogen-bond donors (Lipinski definition) is 2. The van der Waals surface area contributed by atoms with Crippen molar-refractivity contribution in [3.8, 4) is 0 Å². The first-order valence-electron chi connectivity index (χ1n) is 5.26. The molecule has 88 valence electrons. The zero-order valence-electron chi connectivity index (χ0n) is 9.56. The van der Waals surface area contributed by atoms with E-state index in [-0.39, 0.29) is 5.56 Å². The number of thioether (sulfide) groups is 1. The van der Waals surface area contributed by atoms with Crippen molar-refractivity contribution in [3.05, 3.63) is 23.8 Å². The largest absolute Gasteiger partial charge is 0.478 e. The van der Waals surface area contributed by atoms with E-state index in [4.69, 9.17) is 10.8 Å². The quantitative estimate of drug-likeness (QED) is 0.612. The Kier molecular flexibility index (Phi) is 4.68. The fraction of sp³-hybridized carbons (Fsp3) is 0.417. The monoisotopic (exact) mass is 239 g/mol. The predicted molar refractivity (Wildman–Crippen MR) is 68.0 cm³/mol. The smallest absolute Gasteiger partial charge is 0.337 e. The molecule has 3 N–H and O–H groups in total. The summed E-state index contributed by atoms with van der Waals surface area (Å²) in [6.45, 7) is 4.35. The Morgan fingerprint density at radius 3 is 2.75 bits per heavy atom. The van der Waals surface area contributed by atoms with E-state index in [1.807, 2.05) is 6.07 Å². The summed E-state index contributed by atoms with van der Waals surface area (Å²) in [5, 5.41) is 8.91. The van der Waals surface area contributed by atoms with Crippen LogP contribution < -0.4 is 5.73 Å². The molecule has 0 heterocycles. The molecule has 0 aromatic heterocycles. The highest BCUT2D eigenvalue weighted by atomic mass is 32.2. The number of carboxylic acids is 1. The van der Waals surface area contributed by atoms with E-state index < -0.39 is 5.97 Å². The van der Waals surface area contributed by atoms with Gasteiger partial charge in [0.05, 0.1) is 5.56 Å². The summed E-state index contributed by atoms with van der Waals surface area (Å²) in [4.78, 5) is 11.8. The molecule has 0 bridgehead atoms. The zero-order chi connectivity index (χ0) is 12.1. The van der Waals surface area contributed by atoms with E-state index in [1.54, 1.807) is 23.9 Å². The predicted octanol–water partition coefficient (Wildman–Crippen LogP) is 3.11. The van der Waals surface area contributed by atoms with Crippen molar-refractivity contribution in [1.29, 1.82) is 0 Å². The Balaban J connectivity index is 2.68. The van der Waals surface area contributed by atoms with Crippen molar-refractivity contribution in [2.45, 2.75) is 25.2 Å². The lowest BCUT2D eigenvalue weighted by Crippen LogP contribution is -2.02. The third kappa shape index (κ3) is 3.77. The minimum Gasteiger partial charge on any atom is -0.478 e. The topological polar surface area (TPSA) is 63.3 Å². The van der Waals surface area contributed by atoms with Crippen LogP contribution in [-0.2, 0) is 0 Å². The van der Waals surface area contributed by atoms with Crippen LogP contribution in [0.4, 0.5) is 5.69 Å². The molecule has 0 unspecified atom stereocenters. The first-order chi connectivity index (χ1) is 7.50. The van der Waals surface area contributed by atoms with Crippen molar-refractivity contribution < 1.29 is 9.90 Å². The normalized spacial score (nSPS) is 10.7. The summed E-state index contributed by atoms with van der Waals surface area (Å²) in [6.07, 6.45) is 1.12. The van der Waals surface area contributed by atoms with Crippen LogP contribution in [0, 0.1) is 5.92 Å². The average Bonchev–Trinajstić information content (AvgIpc) is 2.19. The van der Waals surface area contributed by atoms with Crippen molar-refractivity contribution in [2.75, 3.05) is 11.5 Å². The van der Waals surface area contributed by atoms with Gasteiger partial charge in [0.1, 0.15) is 0 Å². The number of nitrogen functional groups attached to an aromatic ring is 1. The lowest BCUT2D eigenvalue weighted by Gasteiger charge is -2.06. The van der Waals surface area contributed by atoms with Crippen LogP contribution in [-0.4, -0.2) is 16.8 Å². The second kappa shape index (κ2) is 5.80. The van der Waals surface area contributed by atoms with Crippen LogP contribution in [0.2, 0.25) is 0 Å². The van der Waals surface area contributed by atoms with Gasteiger partial charge in [-0.3, -0.25) is 0 Å². The molecule has 0 fully saturated rings. The van der Waals surface area contributed by atoms with Crippen LogP contribution >= 0.6 is 11.8 Å². The van der Waals surface area contributed by atoms with Gasteiger partial charge in [-0.1, -0.05) is 13.8 Å². The maximum atomic E-state index is 10.9. The molecular weight excluding hydrogens is 222 g/mol. The molecule has 1 rings (SSSR count). The molecule has 16 heavy (non-hydrogen) atoms. The molecule has 0 aliphatic carbocycles. The van der Waals surface area contributed by atoms with Gasteiger partial charge in [0.2, 0.25) is 0 Å². The standard InChI is InChI=1S/C12H17NO2S/c1-8(2)5-6-16-9-3-4-11(13)10(7-9)12(14)15/h3-4,7-8H,5-6,13H2,1-2H3,(H,14,15). The highest BCUT2D eigenvalue weighted by molar-refractivity contribution is 7.99. The molecule has 0 aliphatic heterocycles.